The molecule has 0 amide bonds. The van der Waals surface area contributed by atoms with Crippen LogP contribution < -0.4 is 5.32 Å². The van der Waals surface area contributed by atoms with Crippen molar-refractivity contribution in [2.24, 2.45) is 0 Å². The molecule has 92 valence electrons. The molecule has 17 heavy (non-hydrogen) atoms. The van der Waals surface area contributed by atoms with E-state index < -0.39 is 0 Å². The van der Waals surface area contributed by atoms with Crippen LogP contribution in [-0.4, -0.2) is 18.2 Å². The van der Waals surface area contributed by atoms with E-state index in [-0.39, 0.29) is 11.5 Å². The number of piperidine rings is 1. The van der Waals surface area contributed by atoms with Crippen LogP contribution in [0.1, 0.15) is 42.9 Å². The summed E-state index contributed by atoms with van der Waals surface area (Å²) in [5.41, 5.74) is 2.59. The standard InChI is InChI=1S/C14H18ClNO/c15-10-2-3-12-11(8-10)13(17)4-6-14(12)5-1-7-16-9-14/h2-3,8,13,16-17H,1,4-7,9H2. The van der Waals surface area contributed by atoms with E-state index in [1.54, 1.807) is 0 Å². The van der Waals surface area contributed by atoms with Gasteiger partial charge >= 0.3 is 0 Å². The quantitative estimate of drug-likeness (QED) is 0.743. The maximum Gasteiger partial charge on any atom is 0.0793 e. The lowest BCUT2D eigenvalue weighted by atomic mass is 9.65. The van der Waals surface area contributed by atoms with Gasteiger partial charge in [0.25, 0.3) is 0 Å². The lowest BCUT2D eigenvalue weighted by Crippen LogP contribution is -2.45. The first kappa shape index (κ1) is 11.5. The molecule has 3 rings (SSSR count). The highest BCUT2D eigenvalue weighted by Crippen LogP contribution is 2.45. The van der Waals surface area contributed by atoms with E-state index in [1.807, 2.05) is 12.1 Å². The number of aliphatic hydroxyl groups excluding tert-OH is 1. The Bertz CT molecular complexity index is 426. The van der Waals surface area contributed by atoms with Gasteiger partial charge in [-0.3, -0.25) is 0 Å². The van der Waals surface area contributed by atoms with Crippen molar-refractivity contribution in [1.82, 2.24) is 5.32 Å². The number of halogens is 1. The van der Waals surface area contributed by atoms with Gasteiger partial charge in [0, 0.05) is 17.0 Å². The summed E-state index contributed by atoms with van der Waals surface area (Å²) < 4.78 is 0. The van der Waals surface area contributed by atoms with Crippen LogP contribution in [-0.2, 0) is 5.41 Å². The minimum atomic E-state index is -0.337. The highest BCUT2D eigenvalue weighted by atomic mass is 35.5. The van der Waals surface area contributed by atoms with E-state index in [1.165, 1.54) is 18.4 Å². The summed E-state index contributed by atoms with van der Waals surface area (Å²) in [6.45, 7) is 2.15. The largest absolute Gasteiger partial charge is 0.388 e. The number of fused-ring (bicyclic) bond motifs is 2. The predicted molar refractivity (Wildman–Crippen MR) is 69.4 cm³/mol. The number of benzene rings is 1. The monoisotopic (exact) mass is 251 g/mol. The molecule has 1 aliphatic heterocycles. The van der Waals surface area contributed by atoms with Gasteiger partial charge in [-0.25, -0.2) is 0 Å². The summed E-state index contributed by atoms with van der Waals surface area (Å²) in [7, 11) is 0. The van der Waals surface area contributed by atoms with Gasteiger partial charge in [-0.2, -0.15) is 0 Å². The number of nitrogens with one attached hydrogen (secondary N) is 1. The Morgan fingerprint density at radius 2 is 2.24 bits per heavy atom. The number of hydrogen-bond acceptors (Lipinski definition) is 2. The third-order valence-corrected chi connectivity index (χ3v) is 4.55. The Hall–Kier alpha value is -0.570. The smallest absolute Gasteiger partial charge is 0.0793 e. The van der Waals surface area contributed by atoms with Crippen molar-refractivity contribution in [1.29, 1.82) is 0 Å². The highest BCUT2D eigenvalue weighted by Gasteiger charge is 2.40. The maximum atomic E-state index is 10.1. The van der Waals surface area contributed by atoms with E-state index in [4.69, 9.17) is 11.6 Å². The predicted octanol–water partition coefficient (Wildman–Crippen LogP) is 2.79. The fraction of sp³-hybridized carbons (Fsp3) is 0.571. The fourth-order valence-corrected chi connectivity index (χ4v) is 3.59. The van der Waals surface area contributed by atoms with Crippen molar-refractivity contribution in [3.05, 3.63) is 34.3 Å². The van der Waals surface area contributed by atoms with Crippen LogP contribution in [0.5, 0.6) is 0 Å². The minimum Gasteiger partial charge on any atom is -0.388 e. The molecule has 1 heterocycles. The summed E-state index contributed by atoms with van der Waals surface area (Å²) in [4.78, 5) is 0. The average Bonchev–Trinajstić information content (AvgIpc) is 2.36. The first-order valence-corrected chi connectivity index (χ1v) is 6.78. The number of rotatable bonds is 0. The van der Waals surface area contributed by atoms with Crippen molar-refractivity contribution in [3.8, 4) is 0 Å². The molecular formula is C14H18ClNO. The Kier molecular flexibility index (Phi) is 2.89. The van der Waals surface area contributed by atoms with Crippen LogP contribution in [0.25, 0.3) is 0 Å². The van der Waals surface area contributed by atoms with Crippen molar-refractivity contribution in [2.45, 2.75) is 37.2 Å². The first-order valence-electron chi connectivity index (χ1n) is 6.40. The molecule has 1 aromatic carbocycles. The van der Waals surface area contributed by atoms with Crippen LogP contribution >= 0.6 is 11.6 Å². The second-order valence-electron chi connectivity index (χ2n) is 5.35. The van der Waals surface area contributed by atoms with E-state index in [0.29, 0.717) is 0 Å². The molecule has 2 N–H and O–H groups in total. The average molecular weight is 252 g/mol. The molecule has 0 saturated carbocycles. The van der Waals surface area contributed by atoms with Crippen LogP contribution in [0, 0.1) is 0 Å². The Morgan fingerprint density at radius 3 is 3.00 bits per heavy atom. The van der Waals surface area contributed by atoms with E-state index in [2.05, 4.69) is 11.4 Å². The van der Waals surface area contributed by atoms with Crippen LogP contribution in [0.15, 0.2) is 18.2 Å². The summed E-state index contributed by atoms with van der Waals surface area (Å²) in [5, 5.41) is 14.3. The molecule has 1 aliphatic carbocycles. The van der Waals surface area contributed by atoms with E-state index in [0.717, 1.165) is 36.5 Å². The van der Waals surface area contributed by atoms with Crippen molar-refractivity contribution < 1.29 is 5.11 Å². The first-order chi connectivity index (χ1) is 8.21. The molecule has 2 atom stereocenters. The zero-order valence-corrected chi connectivity index (χ0v) is 10.6. The molecule has 3 heteroatoms. The summed E-state index contributed by atoms with van der Waals surface area (Å²) in [5.74, 6) is 0. The zero-order valence-electron chi connectivity index (χ0n) is 9.88. The van der Waals surface area contributed by atoms with Crippen LogP contribution in [0.2, 0.25) is 5.02 Å². The third kappa shape index (κ3) is 1.88. The summed E-state index contributed by atoms with van der Waals surface area (Å²) >= 11 is 6.04. The summed E-state index contributed by atoms with van der Waals surface area (Å²) in [6, 6.07) is 6.01. The SMILES string of the molecule is OC1CCC2(CCCNC2)c2ccc(Cl)cc21. The number of aliphatic hydroxyl groups is 1. The van der Waals surface area contributed by atoms with Gasteiger partial charge in [-0.1, -0.05) is 17.7 Å². The molecule has 2 aliphatic rings. The van der Waals surface area contributed by atoms with Gasteiger partial charge in [0.15, 0.2) is 0 Å². The van der Waals surface area contributed by atoms with Crippen molar-refractivity contribution in [2.75, 3.05) is 13.1 Å². The summed E-state index contributed by atoms with van der Waals surface area (Å²) in [6.07, 6.45) is 4.04. The second-order valence-corrected chi connectivity index (χ2v) is 5.78. The van der Waals surface area contributed by atoms with Crippen molar-refractivity contribution in [3.63, 3.8) is 0 Å². The Morgan fingerprint density at radius 1 is 1.35 bits per heavy atom. The van der Waals surface area contributed by atoms with E-state index in [9.17, 15) is 5.11 Å². The van der Waals surface area contributed by atoms with Gasteiger partial charge in [-0.05, 0) is 55.5 Å². The highest BCUT2D eigenvalue weighted by molar-refractivity contribution is 6.30. The van der Waals surface area contributed by atoms with Crippen LogP contribution in [0.4, 0.5) is 0 Å². The van der Waals surface area contributed by atoms with Gasteiger partial charge in [0.1, 0.15) is 0 Å². The molecule has 1 saturated heterocycles. The number of hydrogen-bond donors (Lipinski definition) is 2. The van der Waals surface area contributed by atoms with E-state index >= 15 is 0 Å². The van der Waals surface area contributed by atoms with Gasteiger partial charge in [-0.15, -0.1) is 0 Å². The normalized spacial score (nSPS) is 32.5. The molecule has 2 nitrogen and oxygen atoms in total. The lowest BCUT2D eigenvalue weighted by molar-refractivity contribution is 0.124. The Labute approximate surface area is 107 Å². The van der Waals surface area contributed by atoms with Gasteiger partial charge in [0.2, 0.25) is 0 Å². The molecule has 1 fully saturated rings. The second kappa shape index (κ2) is 4.27. The molecule has 2 unspecified atom stereocenters. The lowest BCUT2D eigenvalue weighted by Gasteiger charge is -2.43. The third-order valence-electron chi connectivity index (χ3n) is 4.31. The van der Waals surface area contributed by atoms with Crippen LogP contribution in [0.3, 0.4) is 0 Å². The zero-order chi connectivity index (χ0) is 11.9. The molecule has 0 aromatic heterocycles. The minimum absolute atomic E-state index is 0.234. The molecule has 0 radical (unpaired) electrons. The Balaban J connectivity index is 2.08. The topological polar surface area (TPSA) is 32.3 Å². The fourth-order valence-electron chi connectivity index (χ4n) is 3.41. The van der Waals surface area contributed by atoms with Gasteiger partial charge in [0.05, 0.1) is 6.10 Å². The van der Waals surface area contributed by atoms with Crippen molar-refractivity contribution >= 4 is 11.6 Å². The van der Waals surface area contributed by atoms with Gasteiger partial charge < -0.3 is 10.4 Å². The molecular weight excluding hydrogens is 234 g/mol. The molecule has 1 aromatic rings. The maximum absolute atomic E-state index is 10.1. The molecule has 0 bridgehead atoms. The molecule has 1 spiro atoms.